The van der Waals surface area contributed by atoms with Crippen LogP contribution in [-0.2, 0) is 24.8 Å². The lowest BCUT2D eigenvalue weighted by Gasteiger charge is -2.12. The molecule has 32 heavy (non-hydrogen) atoms. The molecule has 0 aliphatic carbocycles. The number of hydrogen-bond acceptors (Lipinski definition) is 7. The molecule has 1 heterocycles. The summed E-state index contributed by atoms with van der Waals surface area (Å²) >= 11 is 0. The van der Waals surface area contributed by atoms with Gasteiger partial charge in [0, 0.05) is 31.1 Å². The van der Waals surface area contributed by atoms with Gasteiger partial charge in [-0.1, -0.05) is 6.07 Å². The van der Waals surface area contributed by atoms with Crippen LogP contribution < -0.4 is 24.2 Å². The molecule has 1 aliphatic heterocycles. The van der Waals surface area contributed by atoms with Crippen LogP contribution in [0.25, 0.3) is 0 Å². The van der Waals surface area contributed by atoms with Gasteiger partial charge >= 0.3 is 0 Å². The zero-order valence-corrected chi connectivity index (χ0v) is 19.3. The number of amides is 1. The van der Waals surface area contributed by atoms with Gasteiger partial charge in [0.1, 0.15) is 0 Å². The van der Waals surface area contributed by atoms with Crippen LogP contribution in [0.4, 0.5) is 11.4 Å². The minimum Gasteiger partial charge on any atom is -0.490 e. The number of anilines is 2. The molecule has 0 aromatic heterocycles. The number of benzene rings is 2. The predicted molar refractivity (Wildman–Crippen MR) is 120 cm³/mol. The molecule has 0 saturated heterocycles. The van der Waals surface area contributed by atoms with E-state index >= 15 is 0 Å². The summed E-state index contributed by atoms with van der Waals surface area (Å²) in [5, 5.41) is 2.62. The lowest BCUT2D eigenvalue weighted by Crippen LogP contribution is -2.28. The van der Waals surface area contributed by atoms with Crippen LogP contribution in [0.2, 0.25) is 0 Å². The average Bonchev–Trinajstić information content (AvgIpc) is 2.94. The zero-order chi connectivity index (χ0) is 23.4. The molecular formula is C20H25N3O7S2. The Kier molecular flexibility index (Phi) is 7.26. The van der Waals surface area contributed by atoms with E-state index in [0.29, 0.717) is 48.1 Å². The normalized spacial score (nSPS) is 13.8. The Morgan fingerprint density at radius 1 is 1.00 bits per heavy atom. The Morgan fingerprint density at radius 2 is 1.72 bits per heavy atom. The maximum absolute atomic E-state index is 12.6. The lowest BCUT2D eigenvalue weighted by atomic mass is 10.2. The molecule has 2 aromatic rings. The molecule has 0 radical (unpaired) electrons. The first-order valence-corrected chi connectivity index (χ1v) is 13.2. The molecule has 0 atom stereocenters. The zero-order valence-electron chi connectivity index (χ0n) is 17.7. The van der Waals surface area contributed by atoms with Crippen LogP contribution in [0.15, 0.2) is 41.3 Å². The van der Waals surface area contributed by atoms with E-state index in [-0.39, 0.29) is 17.9 Å². The average molecular weight is 484 g/mol. The summed E-state index contributed by atoms with van der Waals surface area (Å²) in [6.45, 7) is 2.54. The number of sulfonamides is 2. The van der Waals surface area contributed by atoms with Gasteiger partial charge in [0.25, 0.3) is 0 Å². The first-order chi connectivity index (χ1) is 15.0. The molecule has 3 rings (SSSR count). The van der Waals surface area contributed by atoms with Gasteiger partial charge in [0.2, 0.25) is 26.0 Å². The number of ether oxygens (including phenoxy) is 2. The lowest BCUT2D eigenvalue weighted by molar-refractivity contribution is -0.116. The van der Waals surface area contributed by atoms with Gasteiger partial charge in [-0.05, 0) is 36.8 Å². The fourth-order valence-electron chi connectivity index (χ4n) is 2.93. The monoisotopic (exact) mass is 483 g/mol. The van der Waals surface area contributed by atoms with Crippen molar-refractivity contribution >= 4 is 37.3 Å². The third-order valence-corrected chi connectivity index (χ3v) is 6.54. The first-order valence-electron chi connectivity index (χ1n) is 9.81. The highest BCUT2D eigenvalue weighted by Crippen LogP contribution is 2.31. The van der Waals surface area contributed by atoms with Gasteiger partial charge in [0.05, 0.1) is 30.1 Å². The Labute approximate surface area is 187 Å². The smallest absolute Gasteiger partial charge is 0.240 e. The summed E-state index contributed by atoms with van der Waals surface area (Å²) in [7, 11) is -7.32. The van der Waals surface area contributed by atoms with E-state index in [0.717, 1.165) is 6.26 Å². The van der Waals surface area contributed by atoms with Crippen molar-refractivity contribution in [2.45, 2.75) is 24.7 Å². The van der Waals surface area contributed by atoms with Gasteiger partial charge in [-0.25, -0.2) is 21.6 Å². The number of nitrogens with one attached hydrogen (secondary N) is 3. The fraction of sp³-hybridized carbons (Fsp3) is 0.350. The number of hydrogen-bond donors (Lipinski definition) is 3. The third-order valence-electron chi connectivity index (χ3n) is 4.49. The number of carbonyl (C=O) groups excluding carboxylic acids is 1. The SMILES string of the molecule is Cc1ccc(NC(=O)CCNS(=O)(=O)c2ccc3c(c2)OCCCO3)cc1NS(C)(=O)=O. The van der Waals surface area contributed by atoms with Crippen LogP contribution in [0.5, 0.6) is 11.5 Å². The number of carbonyl (C=O) groups is 1. The Balaban J connectivity index is 1.58. The van der Waals surface area contributed by atoms with E-state index in [4.69, 9.17) is 9.47 Å². The molecule has 12 heteroatoms. The van der Waals surface area contributed by atoms with Crippen molar-refractivity contribution in [1.29, 1.82) is 0 Å². The minimum absolute atomic E-state index is 0.0113. The van der Waals surface area contributed by atoms with Gasteiger partial charge in [-0.3, -0.25) is 9.52 Å². The number of rotatable bonds is 8. The molecule has 10 nitrogen and oxygen atoms in total. The Hall–Kier alpha value is -2.83. The summed E-state index contributed by atoms with van der Waals surface area (Å²) in [5.74, 6) is 0.421. The third kappa shape index (κ3) is 6.58. The van der Waals surface area contributed by atoms with Crippen LogP contribution >= 0.6 is 0 Å². The van der Waals surface area contributed by atoms with Gasteiger partial charge in [-0.2, -0.15) is 0 Å². The maximum atomic E-state index is 12.6. The van der Waals surface area contributed by atoms with Crippen molar-refractivity contribution in [3.63, 3.8) is 0 Å². The largest absolute Gasteiger partial charge is 0.490 e. The molecular weight excluding hydrogens is 458 g/mol. The molecule has 0 bridgehead atoms. The topological polar surface area (TPSA) is 140 Å². The maximum Gasteiger partial charge on any atom is 0.240 e. The number of fused-ring (bicyclic) bond motifs is 1. The highest BCUT2D eigenvalue weighted by Gasteiger charge is 2.19. The highest BCUT2D eigenvalue weighted by atomic mass is 32.2. The van der Waals surface area contributed by atoms with E-state index < -0.39 is 26.0 Å². The van der Waals surface area contributed by atoms with Crippen LogP contribution in [-0.4, -0.2) is 48.8 Å². The van der Waals surface area contributed by atoms with Crippen molar-refractivity contribution in [3.8, 4) is 11.5 Å². The van der Waals surface area contributed by atoms with Crippen molar-refractivity contribution in [3.05, 3.63) is 42.0 Å². The molecule has 0 spiro atoms. The van der Waals surface area contributed by atoms with Gasteiger partial charge < -0.3 is 14.8 Å². The molecule has 1 aliphatic rings. The van der Waals surface area contributed by atoms with Gasteiger partial charge in [-0.15, -0.1) is 0 Å². The van der Waals surface area contributed by atoms with Gasteiger partial charge in [0.15, 0.2) is 11.5 Å². The molecule has 0 saturated carbocycles. The summed E-state index contributed by atoms with van der Waals surface area (Å²) in [6.07, 6.45) is 1.62. The van der Waals surface area contributed by atoms with Crippen LogP contribution in [0.1, 0.15) is 18.4 Å². The van der Waals surface area contributed by atoms with E-state index in [1.165, 1.54) is 18.2 Å². The quantitative estimate of drug-likeness (QED) is 0.520. The van der Waals surface area contributed by atoms with E-state index in [2.05, 4.69) is 14.8 Å². The summed E-state index contributed by atoms with van der Waals surface area (Å²) in [6, 6.07) is 9.14. The summed E-state index contributed by atoms with van der Waals surface area (Å²) in [5.41, 5.74) is 1.43. The van der Waals surface area contributed by atoms with Crippen molar-refractivity contribution in [1.82, 2.24) is 4.72 Å². The van der Waals surface area contributed by atoms with Crippen LogP contribution in [0.3, 0.4) is 0 Å². The van der Waals surface area contributed by atoms with Crippen molar-refractivity contribution in [2.75, 3.05) is 36.1 Å². The first kappa shape index (κ1) is 23.8. The highest BCUT2D eigenvalue weighted by molar-refractivity contribution is 7.92. The second kappa shape index (κ2) is 9.76. The van der Waals surface area contributed by atoms with Crippen molar-refractivity contribution in [2.24, 2.45) is 0 Å². The molecule has 2 aromatic carbocycles. The van der Waals surface area contributed by atoms with E-state index in [9.17, 15) is 21.6 Å². The second-order valence-electron chi connectivity index (χ2n) is 7.26. The second-order valence-corrected chi connectivity index (χ2v) is 10.8. The standard InChI is InChI=1S/C20H25N3O7S2/c1-14-4-5-15(12-17(14)23-31(2,25)26)22-20(24)8-9-21-32(27,28)16-6-7-18-19(13-16)30-11-3-10-29-18/h4-7,12-13,21,23H,3,8-11H2,1-2H3,(H,22,24). The van der Waals surface area contributed by atoms with Crippen molar-refractivity contribution < 1.29 is 31.1 Å². The number of aryl methyl sites for hydroxylation is 1. The molecule has 3 N–H and O–H groups in total. The summed E-state index contributed by atoms with van der Waals surface area (Å²) in [4.78, 5) is 12.2. The molecule has 174 valence electrons. The van der Waals surface area contributed by atoms with E-state index in [1.54, 1.807) is 25.1 Å². The molecule has 0 fully saturated rings. The van der Waals surface area contributed by atoms with E-state index in [1.807, 2.05) is 0 Å². The molecule has 1 amide bonds. The molecule has 0 unspecified atom stereocenters. The minimum atomic E-state index is -3.85. The Bertz CT molecular complexity index is 1210. The predicted octanol–water partition coefficient (Wildman–Crippen LogP) is 1.83. The summed E-state index contributed by atoms with van der Waals surface area (Å²) < 4.78 is 63.8. The fourth-order valence-corrected chi connectivity index (χ4v) is 4.59. The Morgan fingerprint density at radius 3 is 2.44 bits per heavy atom. The van der Waals surface area contributed by atoms with Crippen LogP contribution in [0, 0.1) is 6.92 Å².